The predicted molar refractivity (Wildman–Crippen MR) is 106 cm³/mol. The Kier molecular flexibility index (Phi) is 9.39. The first-order chi connectivity index (χ1) is 12.8. The lowest BCUT2D eigenvalue weighted by atomic mass is 10.1. The number of fused-ring (bicyclic) bond motifs is 1. The number of carbonyl (C=O) groups is 2. The highest BCUT2D eigenvalue weighted by Gasteiger charge is 2.12. The van der Waals surface area contributed by atoms with E-state index < -0.39 is 11.9 Å². The van der Waals surface area contributed by atoms with Crippen LogP contribution in [0.4, 0.5) is 0 Å². The smallest absolute Gasteiger partial charge is 0.328 e. The third kappa shape index (κ3) is 7.72. The van der Waals surface area contributed by atoms with Gasteiger partial charge in [-0.2, -0.15) is 0 Å². The molecular weight excluding hydrogens is 372 g/mol. The number of rotatable bonds is 8. The van der Waals surface area contributed by atoms with Crippen LogP contribution < -0.4 is 4.74 Å². The molecule has 0 aliphatic heterocycles. The van der Waals surface area contributed by atoms with Gasteiger partial charge in [0, 0.05) is 35.8 Å². The number of aromatic amines is 1. The molecule has 0 atom stereocenters. The molecule has 1 aromatic carbocycles. The molecule has 148 valence electrons. The van der Waals surface area contributed by atoms with Gasteiger partial charge in [0.15, 0.2) is 0 Å². The lowest BCUT2D eigenvalue weighted by Crippen LogP contribution is -2.14. The summed E-state index contributed by atoms with van der Waals surface area (Å²) in [6, 6.07) is 3.97. The quantitative estimate of drug-likeness (QED) is 0.591. The van der Waals surface area contributed by atoms with Crippen LogP contribution in [0.2, 0.25) is 5.02 Å². The summed E-state index contributed by atoms with van der Waals surface area (Å²) in [6.07, 6.45) is 5.12. The SMILES string of the molecule is CCCOc1ccc2[nH]cc(CCN(C)C)c2c1Cl.O=C(O)C=CC(=O)O. The molecule has 27 heavy (non-hydrogen) atoms. The lowest BCUT2D eigenvalue weighted by Gasteiger charge is -2.10. The molecule has 0 spiro atoms. The normalized spacial score (nSPS) is 10.9. The van der Waals surface area contributed by atoms with Gasteiger partial charge < -0.3 is 24.8 Å². The van der Waals surface area contributed by atoms with Gasteiger partial charge >= 0.3 is 11.9 Å². The van der Waals surface area contributed by atoms with Gasteiger partial charge in [0.2, 0.25) is 0 Å². The van der Waals surface area contributed by atoms with Crippen LogP contribution in [0.15, 0.2) is 30.5 Å². The molecule has 0 amide bonds. The minimum Gasteiger partial charge on any atom is -0.492 e. The van der Waals surface area contributed by atoms with Crippen LogP contribution in [-0.2, 0) is 16.0 Å². The van der Waals surface area contributed by atoms with Crippen LogP contribution >= 0.6 is 11.6 Å². The molecule has 0 saturated heterocycles. The van der Waals surface area contributed by atoms with Crippen molar-refractivity contribution in [1.29, 1.82) is 0 Å². The first kappa shape index (κ1) is 22.5. The molecular formula is C19H25ClN2O5. The number of ether oxygens (including phenoxy) is 1. The fourth-order valence-corrected chi connectivity index (χ4v) is 2.58. The number of aliphatic carboxylic acids is 2. The van der Waals surface area contributed by atoms with Crippen molar-refractivity contribution in [3.05, 3.63) is 41.1 Å². The number of nitrogens with zero attached hydrogens (tertiary/aromatic N) is 1. The van der Waals surface area contributed by atoms with E-state index in [0.29, 0.717) is 18.8 Å². The molecule has 3 N–H and O–H groups in total. The Hall–Kier alpha value is -2.51. The number of hydrogen-bond acceptors (Lipinski definition) is 4. The highest BCUT2D eigenvalue weighted by atomic mass is 35.5. The van der Waals surface area contributed by atoms with Crippen molar-refractivity contribution in [2.75, 3.05) is 27.2 Å². The molecule has 0 radical (unpaired) electrons. The molecule has 2 rings (SSSR count). The standard InChI is InChI=1S/C15H21ClN2O.C4H4O4/c1-4-9-19-13-6-5-12-14(15(13)16)11(10-17-12)7-8-18(2)3;5-3(6)1-2-4(7)8/h5-6,10,17H,4,7-9H2,1-3H3;1-2H,(H,5,6)(H,7,8). The number of carboxylic acid groups (broad SMARTS) is 2. The van der Waals surface area contributed by atoms with E-state index in [9.17, 15) is 9.59 Å². The van der Waals surface area contributed by atoms with Crippen LogP contribution in [0.3, 0.4) is 0 Å². The average molecular weight is 397 g/mol. The summed E-state index contributed by atoms with van der Waals surface area (Å²) in [4.78, 5) is 24.6. The van der Waals surface area contributed by atoms with Gasteiger partial charge in [0.25, 0.3) is 0 Å². The van der Waals surface area contributed by atoms with Crippen LogP contribution in [-0.4, -0.2) is 59.3 Å². The molecule has 0 aliphatic rings. The molecule has 0 bridgehead atoms. The first-order valence-electron chi connectivity index (χ1n) is 8.46. The van der Waals surface area contributed by atoms with Gasteiger partial charge in [-0.15, -0.1) is 0 Å². The minimum atomic E-state index is -1.26. The zero-order valence-corrected chi connectivity index (χ0v) is 16.4. The third-order valence-electron chi connectivity index (χ3n) is 3.49. The van der Waals surface area contributed by atoms with Gasteiger partial charge in [0.05, 0.1) is 11.6 Å². The fraction of sp³-hybridized carbons (Fsp3) is 0.368. The molecule has 0 unspecified atom stereocenters. The Balaban J connectivity index is 0.000000387. The first-order valence-corrected chi connectivity index (χ1v) is 8.84. The van der Waals surface area contributed by atoms with Gasteiger partial charge in [-0.3, -0.25) is 0 Å². The second-order valence-corrected chi connectivity index (χ2v) is 6.40. The van der Waals surface area contributed by atoms with Crippen molar-refractivity contribution in [2.45, 2.75) is 19.8 Å². The summed E-state index contributed by atoms with van der Waals surface area (Å²) in [7, 11) is 4.15. The van der Waals surface area contributed by atoms with Crippen LogP contribution in [0.1, 0.15) is 18.9 Å². The number of aromatic nitrogens is 1. The van der Waals surface area contributed by atoms with E-state index in [1.807, 2.05) is 18.3 Å². The van der Waals surface area contributed by atoms with E-state index >= 15 is 0 Å². The summed E-state index contributed by atoms with van der Waals surface area (Å²) in [6.45, 7) is 3.79. The Morgan fingerprint density at radius 2 is 1.85 bits per heavy atom. The Bertz CT molecular complexity index is 783. The molecule has 1 heterocycles. The number of H-pyrrole nitrogens is 1. The van der Waals surface area contributed by atoms with E-state index in [1.54, 1.807) is 0 Å². The number of halogens is 1. The van der Waals surface area contributed by atoms with Crippen molar-refractivity contribution in [3.63, 3.8) is 0 Å². The number of hydrogen-bond donors (Lipinski definition) is 3. The van der Waals surface area contributed by atoms with Crippen molar-refractivity contribution >= 4 is 34.4 Å². The van der Waals surface area contributed by atoms with Gasteiger partial charge in [0.1, 0.15) is 5.75 Å². The number of likely N-dealkylation sites (N-methyl/N-ethyl adjacent to an activating group) is 1. The number of carboxylic acids is 2. The summed E-state index contributed by atoms with van der Waals surface area (Å²) < 4.78 is 5.69. The van der Waals surface area contributed by atoms with E-state index in [2.05, 4.69) is 30.9 Å². The molecule has 0 aliphatic carbocycles. The van der Waals surface area contributed by atoms with Crippen molar-refractivity contribution < 1.29 is 24.5 Å². The summed E-state index contributed by atoms with van der Waals surface area (Å²) in [5.41, 5.74) is 2.32. The van der Waals surface area contributed by atoms with Crippen LogP contribution in [0.25, 0.3) is 10.9 Å². The van der Waals surface area contributed by atoms with Crippen molar-refractivity contribution in [2.24, 2.45) is 0 Å². The second-order valence-electron chi connectivity index (χ2n) is 6.03. The highest BCUT2D eigenvalue weighted by Crippen LogP contribution is 2.35. The van der Waals surface area contributed by atoms with Crippen LogP contribution in [0, 0.1) is 0 Å². The molecule has 0 fully saturated rings. The topological polar surface area (TPSA) is 103 Å². The van der Waals surface area contributed by atoms with Crippen molar-refractivity contribution in [3.8, 4) is 5.75 Å². The largest absolute Gasteiger partial charge is 0.492 e. The van der Waals surface area contributed by atoms with E-state index in [0.717, 1.165) is 41.1 Å². The molecule has 7 nitrogen and oxygen atoms in total. The van der Waals surface area contributed by atoms with Gasteiger partial charge in [-0.05, 0) is 44.6 Å². The number of benzene rings is 1. The zero-order valence-electron chi connectivity index (χ0n) is 15.7. The maximum Gasteiger partial charge on any atom is 0.328 e. The van der Waals surface area contributed by atoms with Gasteiger partial charge in [-0.1, -0.05) is 18.5 Å². The Labute approximate surface area is 163 Å². The molecule has 8 heteroatoms. The average Bonchev–Trinajstić information content (AvgIpc) is 3.02. The number of nitrogens with one attached hydrogen (secondary N) is 1. The molecule has 2 aromatic rings. The maximum atomic E-state index is 9.55. The molecule has 1 aromatic heterocycles. The summed E-state index contributed by atoms with van der Waals surface area (Å²) in [5.74, 6) is -1.73. The lowest BCUT2D eigenvalue weighted by molar-refractivity contribution is -0.134. The van der Waals surface area contributed by atoms with Crippen LogP contribution in [0.5, 0.6) is 5.75 Å². The minimum absolute atomic E-state index is 0.558. The van der Waals surface area contributed by atoms with E-state index in [1.165, 1.54) is 5.56 Å². The van der Waals surface area contributed by atoms with Crippen molar-refractivity contribution in [1.82, 2.24) is 9.88 Å². The summed E-state index contributed by atoms with van der Waals surface area (Å²) in [5, 5.41) is 17.4. The fourth-order valence-electron chi connectivity index (χ4n) is 2.24. The monoisotopic (exact) mass is 396 g/mol. The van der Waals surface area contributed by atoms with Gasteiger partial charge in [-0.25, -0.2) is 9.59 Å². The van der Waals surface area contributed by atoms with E-state index in [-0.39, 0.29) is 0 Å². The Morgan fingerprint density at radius 1 is 1.22 bits per heavy atom. The zero-order chi connectivity index (χ0) is 20.4. The Morgan fingerprint density at radius 3 is 2.37 bits per heavy atom. The third-order valence-corrected chi connectivity index (χ3v) is 3.86. The summed E-state index contributed by atoms with van der Waals surface area (Å²) >= 11 is 6.48. The second kappa shape index (κ2) is 11.3. The molecule has 0 saturated carbocycles. The highest BCUT2D eigenvalue weighted by molar-refractivity contribution is 6.37. The van der Waals surface area contributed by atoms with E-state index in [4.69, 9.17) is 26.6 Å². The maximum absolute atomic E-state index is 9.55. The predicted octanol–water partition coefficient (Wildman–Crippen LogP) is 3.43.